The normalized spacial score (nSPS) is 10.2. The first kappa shape index (κ1) is 23.1. The molecule has 0 heterocycles. The molecule has 0 saturated heterocycles. The topological polar surface area (TPSA) is 102 Å². The third-order valence-corrected chi connectivity index (χ3v) is 4.56. The van der Waals surface area contributed by atoms with Gasteiger partial charge in [0.05, 0.1) is 0 Å². The van der Waals surface area contributed by atoms with Crippen molar-refractivity contribution in [3.05, 3.63) is 58.6 Å². The van der Waals surface area contributed by atoms with Crippen LogP contribution in [0.1, 0.15) is 42.1 Å². The molecule has 8 heteroatoms. The lowest BCUT2D eigenvalue weighted by molar-refractivity contribution is -0.147. The van der Waals surface area contributed by atoms with E-state index in [1.807, 2.05) is 6.92 Å². The number of amides is 2. The van der Waals surface area contributed by atoms with Crippen molar-refractivity contribution in [1.29, 1.82) is 0 Å². The Morgan fingerprint density at radius 3 is 2.33 bits per heavy atom. The highest BCUT2D eigenvalue weighted by atomic mass is 35.5. The average molecular weight is 431 g/mol. The molecule has 0 aromatic heterocycles. The molecule has 0 spiro atoms. The largest absolute Gasteiger partial charge is 0.456 e. The number of benzene rings is 2. The lowest BCUT2D eigenvalue weighted by Crippen LogP contribution is -2.21. The van der Waals surface area contributed by atoms with Crippen molar-refractivity contribution in [3.8, 4) is 0 Å². The predicted octanol–water partition coefficient (Wildman–Crippen LogP) is 4.14. The molecule has 2 rings (SSSR count). The number of Topliss-reactive ketones (excluding diaryl/α,β-unsaturated/α-hetero) is 1. The monoisotopic (exact) mass is 430 g/mol. The van der Waals surface area contributed by atoms with Gasteiger partial charge in [0, 0.05) is 34.8 Å². The van der Waals surface area contributed by atoms with E-state index in [2.05, 4.69) is 10.6 Å². The van der Waals surface area contributed by atoms with Gasteiger partial charge in [-0.05, 0) is 50.1 Å². The quantitative estimate of drug-likeness (QED) is 0.459. The Morgan fingerprint density at radius 1 is 0.933 bits per heavy atom. The second kappa shape index (κ2) is 11.1. The van der Waals surface area contributed by atoms with Crippen LogP contribution >= 0.6 is 11.6 Å². The molecule has 2 aromatic rings. The van der Waals surface area contributed by atoms with Gasteiger partial charge in [-0.3, -0.25) is 19.2 Å². The summed E-state index contributed by atoms with van der Waals surface area (Å²) < 4.78 is 4.92. The van der Waals surface area contributed by atoms with Crippen molar-refractivity contribution >= 4 is 46.5 Å². The van der Waals surface area contributed by atoms with Crippen molar-refractivity contribution in [2.45, 2.75) is 33.1 Å². The molecule has 2 aromatic carbocycles. The minimum Gasteiger partial charge on any atom is -0.456 e. The maximum absolute atomic E-state index is 11.9. The van der Waals surface area contributed by atoms with E-state index in [4.69, 9.17) is 16.3 Å². The minimum atomic E-state index is -0.575. The molecule has 0 aliphatic carbocycles. The molecule has 0 radical (unpaired) electrons. The van der Waals surface area contributed by atoms with Gasteiger partial charge in [0.2, 0.25) is 5.91 Å². The maximum Gasteiger partial charge on any atom is 0.306 e. The summed E-state index contributed by atoms with van der Waals surface area (Å²) in [6.07, 6.45) is 0.423. The van der Waals surface area contributed by atoms with Gasteiger partial charge in [-0.1, -0.05) is 29.8 Å². The van der Waals surface area contributed by atoms with E-state index >= 15 is 0 Å². The first-order chi connectivity index (χ1) is 14.2. The first-order valence-electron chi connectivity index (χ1n) is 9.37. The van der Waals surface area contributed by atoms with E-state index in [1.165, 1.54) is 6.92 Å². The molecular formula is C22H23ClN2O5. The van der Waals surface area contributed by atoms with Crippen LogP contribution in [-0.4, -0.2) is 30.2 Å². The number of carbonyl (C=O) groups excluding carboxylic acids is 4. The zero-order chi connectivity index (χ0) is 22.1. The van der Waals surface area contributed by atoms with Crippen LogP contribution < -0.4 is 10.6 Å². The fourth-order valence-corrected chi connectivity index (χ4v) is 2.70. The van der Waals surface area contributed by atoms with Crippen LogP contribution in [0.5, 0.6) is 0 Å². The summed E-state index contributed by atoms with van der Waals surface area (Å²) in [6, 6.07) is 11.7. The molecule has 0 fully saturated rings. The summed E-state index contributed by atoms with van der Waals surface area (Å²) in [5.74, 6) is -1.45. The van der Waals surface area contributed by atoms with E-state index in [9.17, 15) is 19.2 Å². The van der Waals surface area contributed by atoms with Gasteiger partial charge in [-0.15, -0.1) is 0 Å². The number of ether oxygens (including phenoxy) is 1. The number of anilines is 2. The van der Waals surface area contributed by atoms with Gasteiger partial charge in [0.15, 0.2) is 12.4 Å². The molecule has 0 bridgehead atoms. The van der Waals surface area contributed by atoms with Crippen molar-refractivity contribution < 1.29 is 23.9 Å². The number of nitrogens with one attached hydrogen (secondary N) is 2. The van der Waals surface area contributed by atoms with Gasteiger partial charge < -0.3 is 15.4 Å². The summed E-state index contributed by atoms with van der Waals surface area (Å²) in [4.78, 5) is 47.0. The Balaban J connectivity index is 1.67. The molecule has 2 N–H and O–H groups in total. The average Bonchev–Trinajstić information content (AvgIpc) is 2.69. The van der Waals surface area contributed by atoms with Crippen LogP contribution in [-0.2, 0) is 19.1 Å². The van der Waals surface area contributed by atoms with Crippen LogP contribution in [0.25, 0.3) is 0 Å². The summed E-state index contributed by atoms with van der Waals surface area (Å²) in [6.45, 7) is 2.85. The highest BCUT2D eigenvalue weighted by Gasteiger charge is 2.11. The van der Waals surface area contributed by atoms with Gasteiger partial charge in [0.25, 0.3) is 5.91 Å². The van der Waals surface area contributed by atoms with Gasteiger partial charge >= 0.3 is 5.97 Å². The van der Waals surface area contributed by atoms with E-state index in [1.54, 1.807) is 42.5 Å². The Labute approximate surface area is 179 Å². The fraction of sp³-hybridized carbons (Fsp3) is 0.273. The summed E-state index contributed by atoms with van der Waals surface area (Å²) in [5, 5.41) is 5.83. The standard InChI is InChI=1S/C22H23ClN2O5/c1-14-9-10-18(12-19(14)23)24-20(27)7-4-8-22(29)30-13-21(28)25-17-6-3-5-16(11-17)15(2)26/h3,5-6,9-12H,4,7-8,13H2,1-2H3,(H,24,27)(H,25,28). The highest BCUT2D eigenvalue weighted by Crippen LogP contribution is 2.20. The number of ketones is 1. The minimum absolute atomic E-state index is 0.00910. The molecule has 30 heavy (non-hydrogen) atoms. The number of halogens is 1. The van der Waals surface area contributed by atoms with Crippen LogP contribution in [0.4, 0.5) is 11.4 Å². The second-order valence-corrected chi connectivity index (χ2v) is 7.12. The number of rotatable bonds is 9. The summed E-state index contributed by atoms with van der Waals surface area (Å²) in [7, 11) is 0. The number of esters is 1. The lowest BCUT2D eigenvalue weighted by Gasteiger charge is -2.08. The third-order valence-electron chi connectivity index (χ3n) is 4.16. The van der Waals surface area contributed by atoms with E-state index < -0.39 is 18.5 Å². The summed E-state index contributed by atoms with van der Waals surface area (Å²) in [5.41, 5.74) is 2.41. The SMILES string of the molecule is CC(=O)c1cccc(NC(=O)COC(=O)CCCC(=O)Nc2ccc(C)c(Cl)c2)c1. The Hall–Kier alpha value is -3.19. The zero-order valence-corrected chi connectivity index (χ0v) is 17.5. The van der Waals surface area contributed by atoms with Gasteiger partial charge in [0.1, 0.15) is 0 Å². The smallest absolute Gasteiger partial charge is 0.306 e. The van der Waals surface area contributed by atoms with E-state index in [0.29, 0.717) is 22.0 Å². The Morgan fingerprint density at radius 2 is 1.63 bits per heavy atom. The molecule has 0 aliphatic rings. The van der Waals surface area contributed by atoms with Crippen molar-refractivity contribution in [2.75, 3.05) is 17.2 Å². The Bertz CT molecular complexity index is 958. The van der Waals surface area contributed by atoms with E-state index in [0.717, 1.165) is 5.56 Å². The van der Waals surface area contributed by atoms with Crippen molar-refractivity contribution in [2.24, 2.45) is 0 Å². The number of carbonyl (C=O) groups is 4. The molecule has 0 saturated carbocycles. The van der Waals surface area contributed by atoms with Gasteiger partial charge in [-0.25, -0.2) is 0 Å². The lowest BCUT2D eigenvalue weighted by atomic mass is 10.1. The molecule has 2 amide bonds. The molecule has 0 atom stereocenters. The molecular weight excluding hydrogens is 408 g/mol. The molecule has 7 nitrogen and oxygen atoms in total. The second-order valence-electron chi connectivity index (χ2n) is 6.71. The van der Waals surface area contributed by atoms with Crippen molar-refractivity contribution in [3.63, 3.8) is 0 Å². The van der Waals surface area contributed by atoms with E-state index in [-0.39, 0.29) is 31.0 Å². The molecule has 0 unspecified atom stereocenters. The fourth-order valence-electron chi connectivity index (χ4n) is 2.52. The Kier molecular flexibility index (Phi) is 8.55. The number of hydrogen-bond donors (Lipinski definition) is 2. The first-order valence-corrected chi connectivity index (χ1v) is 9.75. The number of aryl methyl sites for hydroxylation is 1. The summed E-state index contributed by atoms with van der Waals surface area (Å²) >= 11 is 6.02. The van der Waals surface area contributed by atoms with Crippen molar-refractivity contribution in [1.82, 2.24) is 0 Å². The highest BCUT2D eigenvalue weighted by molar-refractivity contribution is 6.31. The van der Waals surface area contributed by atoms with Crippen LogP contribution in [0, 0.1) is 6.92 Å². The van der Waals surface area contributed by atoms with Crippen LogP contribution in [0.3, 0.4) is 0 Å². The van der Waals surface area contributed by atoms with Crippen LogP contribution in [0.2, 0.25) is 5.02 Å². The maximum atomic E-state index is 11.9. The number of hydrogen-bond acceptors (Lipinski definition) is 5. The van der Waals surface area contributed by atoms with Gasteiger partial charge in [-0.2, -0.15) is 0 Å². The third kappa shape index (κ3) is 7.67. The zero-order valence-electron chi connectivity index (χ0n) is 16.8. The molecule has 158 valence electrons. The predicted molar refractivity (Wildman–Crippen MR) is 115 cm³/mol. The molecule has 0 aliphatic heterocycles. The van der Waals surface area contributed by atoms with Crippen LogP contribution in [0.15, 0.2) is 42.5 Å².